The van der Waals surface area contributed by atoms with Gasteiger partial charge in [-0.2, -0.15) is 0 Å². The Hall–Kier alpha value is -0.790. The van der Waals surface area contributed by atoms with Gasteiger partial charge in [0.2, 0.25) is 0 Å². The molecule has 2 nitrogen and oxygen atoms in total. The predicted octanol–water partition coefficient (Wildman–Crippen LogP) is 3.18. The first-order valence-corrected chi connectivity index (χ1v) is 4.84. The van der Waals surface area contributed by atoms with Crippen molar-refractivity contribution >= 4 is 5.97 Å². The van der Waals surface area contributed by atoms with Crippen LogP contribution in [-0.2, 0) is 9.53 Å². The first-order chi connectivity index (χ1) is 6.26. The second kappa shape index (κ2) is 11.2. The summed E-state index contributed by atoms with van der Waals surface area (Å²) in [7, 11) is 1.46. The largest absolute Gasteiger partial charge is 0.469 e. The molecule has 0 heterocycles. The molecule has 0 aliphatic heterocycles. The number of hydrogen-bond acceptors (Lipinski definition) is 2. The molecule has 0 aliphatic rings. The monoisotopic (exact) mass is 186 g/mol. The van der Waals surface area contributed by atoms with Crippen LogP contribution in [0.5, 0.6) is 0 Å². The summed E-state index contributed by atoms with van der Waals surface area (Å²) in [6.45, 7) is 10.2. The van der Waals surface area contributed by atoms with Gasteiger partial charge in [-0.3, -0.25) is 4.79 Å². The van der Waals surface area contributed by atoms with Gasteiger partial charge in [0.25, 0.3) is 0 Å². The van der Waals surface area contributed by atoms with Gasteiger partial charge < -0.3 is 4.74 Å². The van der Waals surface area contributed by atoms with Gasteiger partial charge in [-0.15, -0.1) is 13.2 Å². The number of carbonyl (C=O) groups is 1. The highest BCUT2D eigenvalue weighted by Gasteiger charge is 2.15. The molecule has 0 atom stereocenters. The molecule has 0 saturated carbocycles. The summed E-state index contributed by atoms with van der Waals surface area (Å²) in [4.78, 5) is 11.1. The molecule has 13 heavy (non-hydrogen) atoms. The van der Waals surface area contributed by atoms with Gasteiger partial charge in [0.05, 0.1) is 13.0 Å². The maximum atomic E-state index is 11.1. The standard InChI is InChI=1S/C9H18O2.C2H4/c1-4-6-8(7-5-2)9(10)11-3;1-2/h8H,4-7H2,1-3H3;1-2H2. The van der Waals surface area contributed by atoms with Crippen LogP contribution in [0.4, 0.5) is 0 Å². The molecule has 0 fully saturated rings. The van der Waals surface area contributed by atoms with Crippen molar-refractivity contribution < 1.29 is 9.53 Å². The van der Waals surface area contributed by atoms with Crippen molar-refractivity contribution in [2.24, 2.45) is 5.92 Å². The average Bonchev–Trinajstić information content (AvgIpc) is 2.19. The van der Waals surface area contributed by atoms with Gasteiger partial charge in [-0.25, -0.2) is 0 Å². The number of esters is 1. The molecule has 0 aromatic heterocycles. The highest BCUT2D eigenvalue weighted by Crippen LogP contribution is 2.14. The number of hydrogen-bond donors (Lipinski definition) is 0. The normalized spacial score (nSPS) is 8.92. The lowest BCUT2D eigenvalue weighted by atomic mass is 9.99. The van der Waals surface area contributed by atoms with E-state index in [9.17, 15) is 4.79 Å². The Bertz CT molecular complexity index is 115. The van der Waals surface area contributed by atoms with E-state index in [0.29, 0.717) is 0 Å². The molecule has 0 bridgehead atoms. The van der Waals surface area contributed by atoms with E-state index in [1.165, 1.54) is 7.11 Å². The summed E-state index contributed by atoms with van der Waals surface area (Å²) in [5.41, 5.74) is 0. The first kappa shape index (κ1) is 14.7. The van der Waals surface area contributed by atoms with Gasteiger partial charge in [0.15, 0.2) is 0 Å². The lowest BCUT2D eigenvalue weighted by molar-refractivity contribution is -0.145. The van der Waals surface area contributed by atoms with Crippen LogP contribution in [0.2, 0.25) is 0 Å². The maximum Gasteiger partial charge on any atom is 0.308 e. The quantitative estimate of drug-likeness (QED) is 0.487. The molecule has 0 N–H and O–H groups in total. The fourth-order valence-corrected chi connectivity index (χ4v) is 1.24. The van der Waals surface area contributed by atoms with Gasteiger partial charge >= 0.3 is 5.97 Å². The van der Waals surface area contributed by atoms with Crippen LogP contribution in [0.25, 0.3) is 0 Å². The van der Waals surface area contributed by atoms with E-state index >= 15 is 0 Å². The van der Waals surface area contributed by atoms with Crippen LogP contribution in [0, 0.1) is 5.92 Å². The maximum absolute atomic E-state index is 11.1. The Labute approximate surface area is 82.0 Å². The molecule has 0 rings (SSSR count). The highest BCUT2D eigenvalue weighted by atomic mass is 16.5. The molecule has 0 aromatic rings. The molecule has 0 aliphatic carbocycles. The van der Waals surface area contributed by atoms with Crippen molar-refractivity contribution in [2.75, 3.05) is 7.11 Å². The first-order valence-electron chi connectivity index (χ1n) is 4.84. The van der Waals surface area contributed by atoms with Crippen molar-refractivity contribution in [1.82, 2.24) is 0 Å². The van der Waals surface area contributed by atoms with Crippen LogP contribution in [-0.4, -0.2) is 13.1 Å². The molecule has 0 saturated heterocycles. The van der Waals surface area contributed by atoms with E-state index in [4.69, 9.17) is 0 Å². The Morgan fingerprint density at radius 1 is 1.23 bits per heavy atom. The van der Waals surface area contributed by atoms with Crippen LogP contribution in [0.15, 0.2) is 13.2 Å². The minimum Gasteiger partial charge on any atom is -0.469 e. The van der Waals surface area contributed by atoms with Crippen LogP contribution in [0.3, 0.4) is 0 Å². The van der Waals surface area contributed by atoms with Crippen molar-refractivity contribution in [3.05, 3.63) is 13.2 Å². The van der Waals surface area contributed by atoms with Gasteiger partial charge in [-0.05, 0) is 12.8 Å². The zero-order chi connectivity index (χ0) is 10.7. The van der Waals surface area contributed by atoms with Gasteiger partial charge in [-0.1, -0.05) is 26.7 Å². The van der Waals surface area contributed by atoms with Crippen molar-refractivity contribution in [1.29, 1.82) is 0 Å². The molecule has 78 valence electrons. The fourth-order valence-electron chi connectivity index (χ4n) is 1.24. The third kappa shape index (κ3) is 7.57. The zero-order valence-corrected chi connectivity index (χ0v) is 9.14. The molecule has 0 radical (unpaired) electrons. The predicted molar refractivity (Wildman–Crippen MR) is 56.6 cm³/mol. The molecule has 0 unspecified atom stereocenters. The van der Waals surface area contributed by atoms with E-state index in [1.54, 1.807) is 0 Å². The Morgan fingerprint density at radius 2 is 1.62 bits per heavy atom. The van der Waals surface area contributed by atoms with Crippen molar-refractivity contribution in [2.45, 2.75) is 39.5 Å². The summed E-state index contributed by atoms with van der Waals surface area (Å²) in [5, 5.41) is 0. The third-order valence-electron chi connectivity index (χ3n) is 1.81. The minimum absolute atomic E-state index is 0.0475. The fraction of sp³-hybridized carbons (Fsp3) is 0.727. The molecule has 0 amide bonds. The molecule has 0 aromatic carbocycles. The Kier molecular flexibility index (Phi) is 12.7. The third-order valence-corrected chi connectivity index (χ3v) is 1.81. The van der Waals surface area contributed by atoms with Crippen molar-refractivity contribution in [3.63, 3.8) is 0 Å². The molecular weight excluding hydrogens is 164 g/mol. The topological polar surface area (TPSA) is 26.3 Å². The zero-order valence-electron chi connectivity index (χ0n) is 9.14. The van der Waals surface area contributed by atoms with Gasteiger partial charge in [0.1, 0.15) is 0 Å². The van der Waals surface area contributed by atoms with E-state index in [2.05, 4.69) is 31.7 Å². The lowest BCUT2D eigenvalue weighted by Crippen LogP contribution is -2.15. The second-order valence-corrected chi connectivity index (χ2v) is 2.80. The summed E-state index contributed by atoms with van der Waals surface area (Å²) in [6, 6.07) is 0. The molecule has 0 spiro atoms. The van der Waals surface area contributed by atoms with Crippen molar-refractivity contribution in [3.8, 4) is 0 Å². The summed E-state index contributed by atoms with van der Waals surface area (Å²) in [5.74, 6) is 0.0868. The summed E-state index contributed by atoms with van der Waals surface area (Å²) >= 11 is 0. The smallest absolute Gasteiger partial charge is 0.308 e. The Morgan fingerprint density at radius 3 is 1.85 bits per heavy atom. The number of carbonyl (C=O) groups excluding carboxylic acids is 1. The molecular formula is C11H22O2. The van der Waals surface area contributed by atoms with Crippen LogP contribution in [0.1, 0.15) is 39.5 Å². The van der Waals surface area contributed by atoms with Crippen LogP contribution < -0.4 is 0 Å². The summed E-state index contributed by atoms with van der Waals surface area (Å²) < 4.78 is 4.68. The highest BCUT2D eigenvalue weighted by molar-refractivity contribution is 5.72. The van der Waals surface area contributed by atoms with Gasteiger partial charge in [0, 0.05) is 0 Å². The summed E-state index contributed by atoms with van der Waals surface area (Å²) in [6.07, 6.45) is 4.03. The van der Waals surface area contributed by atoms with Crippen LogP contribution >= 0.6 is 0 Å². The number of methoxy groups -OCH3 is 1. The van der Waals surface area contributed by atoms with E-state index in [0.717, 1.165) is 25.7 Å². The van der Waals surface area contributed by atoms with E-state index in [1.807, 2.05) is 0 Å². The van der Waals surface area contributed by atoms with E-state index < -0.39 is 0 Å². The SMILES string of the molecule is C=C.CCCC(CCC)C(=O)OC. The average molecular weight is 186 g/mol. The Balaban J connectivity index is 0. The lowest BCUT2D eigenvalue weighted by Gasteiger charge is -2.11. The number of rotatable bonds is 5. The van der Waals surface area contributed by atoms with E-state index in [-0.39, 0.29) is 11.9 Å². The number of ether oxygens (including phenoxy) is 1. The second-order valence-electron chi connectivity index (χ2n) is 2.80. The molecule has 2 heteroatoms. The minimum atomic E-state index is -0.0475.